The number of carbonyl (C=O) groups is 2. The molecular formula is C19H26N2O3. The monoisotopic (exact) mass is 330 g/mol. The lowest BCUT2D eigenvalue weighted by molar-refractivity contribution is -0.127. The minimum absolute atomic E-state index is 0.0128. The first-order valence-corrected chi connectivity index (χ1v) is 8.56. The van der Waals surface area contributed by atoms with Gasteiger partial charge in [-0.25, -0.2) is 0 Å². The lowest BCUT2D eigenvalue weighted by atomic mass is 9.93. The molecule has 2 amide bonds. The van der Waals surface area contributed by atoms with Crippen LogP contribution in [0.3, 0.4) is 0 Å². The highest BCUT2D eigenvalue weighted by Crippen LogP contribution is 2.20. The van der Waals surface area contributed by atoms with Gasteiger partial charge in [0.1, 0.15) is 5.75 Å². The molecule has 5 heteroatoms. The largest absolute Gasteiger partial charge is 0.494 e. The van der Waals surface area contributed by atoms with Crippen molar-refractivity contribution in [2.45, 2.75) is 32.6 Å². The van der Waals surface area contributed by atoms with Gasteiger partial charge in [-0.05, 0) is 49.0 Å². The molecule has 0 aliphatic carbocycles. The smallest absolute Gasteiger partial charge is 0.246 e. The van der Waals surface area contributed by atoms with Crippen LogP contribution in [-0.2, 0) is 9.59 Å². The summed E-state index contributed by atoms with van der Waals surface area (Å²) in [6.45, 7) is 4.15. The molecule has 0 radical (unpaired) electrons. The van der Waals surface area contributed by atoms with Gasteiger partial charge in [0.2, 0.25) is 11.8 Å². The van der Waals surface area contributed by atoms with Crippen LogP contribution in [0.5, 0.6) is 5.75 Å². The van der Waals surface area contributed by atoms with Crippen LogP contribution in [-0.4, -0.2) is 36.4 Å². The number of likely N-dealkylation sites (tertiary alicyclic amines) is 1. The first kappa shape index (κ1) is 18.0. The van der Waals surface area contributed by atoms with Gasteiger partial charge in [-0.15, -0.1) is 0 Å². The van der Waals surface area contributed by atoms with E-state index in [1.165, 1.54) is 0 Å². The maximum absolute atomic E-state index is 12.2. The molecular weight excluding hydrogens is 304 g/mol. The number of nitrogens with zero attached hydrogens (tertiary/aromatic N) is 1. The number of hydrogen-bond donors (Lipinski definition) is 1. The molecule has 0 atom stereocenters. The maximum atomic E-state index is 12.2. The number of rotatable bonds is 7. The van der Waals surface area contributed by atoms with Gasteiger partial charge in [0, 0.05) is 25.6 Å². The summed E-state index contributed by atoms with van der Waals surface area (Å²) in [6.07, 6.45) is 6.51. The van der Waals surface area contributed by atoms with E-state index in [0.29, 0.717) is 32.0 Å². The standard InChI is InChI=1S/C19H26N2O3/c1-2-13-24-17-6-3-15(4-7-17)5-8-19(23)21-11-9-16(10-12-21)14-18(20)22/h3-8,16H,2,9-14H2,1H3,(H2,20,22). The molecule has 130 valence electrons. The van der Waals surface area contributed by atoms with Crippen molar-refractivity contribution >= 4 is 17.9 Å². The van der Waals surface area contributed by atoms with Gasteiger partial charge < -0.3 is 15.4 Å². The Balaban J connectivity index is 1.81. The highest BCUT2D eigenvalue weighted by molar-refractivity contribution is 5.91. The maximum Gasteiger partial charge on any atom is 0.246 e. The molecule has 24 heavy (non-hydrogen) atoms. The van der Waals surface area contributed by atoms with E-state index in [9.17, 15) is 9.59 Å². The van der Waals surface area contributed by atoms with Crippen molar-refractivity contribution in [3.63, 3.8) is 0 Å². The molecule has 1 heterocycles. The van der Waals surface area contributed by atoms with Crippen LogP contribution in [0, 0.1) is 5.92 Å². The molecule has 2 N–H and O–H groups in total. The molecule has 1 aliphatic heterocycles. The van der Waals surface area contributed by atoms with E-state index in [0.717, 1.165) is 30.6 Å². The van der Waals surface area contributed by atoms with E-state index in [2.05, 4.69) is 6.92 Å². The lowest BCUT2D eigenvalue weighted by Gasteiger charge is -2.30. The zero-order valence-corrected chi connectivity index (χ0v) is 14.2. The van der Waals surface area contributed by atoms with E-state index in [1.807, 2.05) is 35.2 Å². The summed E-state index contributed by atoms with van der Waals surface area (Å²) < 4.78 is 5.54. The second-order valence-corrected chi connectivity index (χ2v) is 6.19. The third kappa shape index (κ3) is 5.72. The van der Waals surface area contributed by atoms with E-state index in [4.69, 9.17) is 10.5 Å². The number of amides is 2. The van der Waals surface area contributed by atoms with Crippen LogP contribution in [0.15, 0.2) is 30.3 Å². The Morgan fingerprint density at radius 1 is 1.25 bits per heavy atom. The number of hydrogen-bond acceptors (Lipinski definition) is 3. The zero-order valence-electron chi connectivity index (χ0n) is 14.2. The van der Waals surface area contributed by atoms with Crippen LogP contribution in [0.2, 0.25) is 0 Å². The average Bonchev–Trinajstić information content (AvgIpc) is 2.59. The summed E-state index contributed by atoms with van der Waals surface area (Å²) in [7, 11) is 0. The first-order chi connectivity index (χ1) is 11.6. The van der Waals surface area contributed by atoms with E-state index < -0.39 is 0 Å². The van der Waals surface area contributed by atoms with Crippen molar-refractivity contribution < 1.29 is 14.3 Å². The molecule has 0 saturated carbocycles. The Labute approximate surface area is 143 Å². The minimum atomic E-state index is -0.258. The van der Waals surface area contributed by atoms with Gasteiger partial charge in [-0.1, -0.05) is 19.1 Å². The van der Waals surface area contributed by atoms with E-state index in [1.54, 1.807) is 6.08 Å². The molecule has 0 unspecified atom stereocenters. The Hall–Kier alpha value is -2.30. The van der Waals surface area contributed by atoms with Crippen LogP contribution in [0.4, 0.5) is 0 Å². The van der Waals surface area contributed by atoms with Gasteiger partial charge in [-0.2, -0.15) is 0 Å². The fourth-order valence-electron chi connectivity index (χ4n) is 2.81. The molecule has 0 spiro atoms. The molecule has 0 aromatic heterocycles. The van der Waals surface area contributed by atoms with Crippen molar-refractivity contribution in [1.82, 2.24) is 4.90 Å². The van der Waals surface area contributed by atoms with Crippen LogP contribution in [0.1, 0.15) is 38.2 Å². The minimum Gasteiger partial charge on any atom is -0.494 e. The third-order valence-electron chi connectivity index (χ3n) is 4.19. The molecule has 1 fully saturated rings. The van der Waals surface area contributed by atoms with Gasteiger partial charge in [0.25, 0.3) is 0 Å². The van der Waals surface area contributed by atoms with Crippen molar-refractivity contribution in [2.75, 3.05) is 19.7 Å². The Morgan fingerprint density at radius 2 is 1.92 bits per heavy atom. The number of piperidine rings is 1. The molecule has 1 saturated heterocycles. The second-order valence-electron chi connectivity index (χ2n) is 6.19. The summed E-state index contributed by atoms with van der Waals surface area (Å²) in [5.74, 6) is 0.910. The van der Waals surface area contributed by atoms with Crippen molar-refractivity contribution in [1.29, 1.82) is 0 Å². The highest BCUT2D eigenvalue weighted by Gasteiger charge is 2.22. The van der Waals surface area contributed by atoms with Gasteiger partial charge in [0.15, 0.2) is 0 Å². The Kier molecular flexibility index (Phi) is 6.85. The second kappa shape index (κ2) is 9.11. The average molecular weight is 330 g/mol. The van der Waals surface area contributed by atoms with Gasteiger partial charge in [0.05, 0.1) is 6.61 Å². The van der Waals surface area contributed by atoms with Crippen molar-refractivity contribution in [3.8, 4) is 5.75 Å². The third-order valence-corrected chi connectivity index (χ3v) is 4.19. The quantitative estimate of drug-likeness (QED) is 0.781. The SMILES string of the molecule is CCCOc1ccc(C=CC(=O)N2CCC(CC(N)=O)CC2)cc1. The Bertz CT molecular complexity index is 573. The molecule has 1 aromatic carbocycles. The predicted molar refractivity (Wildman–Crippen MR) is 94.4 cm³/mol. The summed E-state index contributed by atoms with van der Waals surface area (Å²) in [5.41, 5.74) is 6.20. The first-order valence-electron chi connectivity index (χ1n) is 8.56. The summed E-state index contributed by atoms with van der Waals surface area (Å²) in [5, 5.41) is 0. The fourth-order valence-corrected chi connectivity index (χ4v) is 2.81. The number of ether oxygens (including phenoxy) is 1. The summed E-state index contributed by atoms with van der Waals surface area (Å²) in [6, 6.07) is 7.70. The zero-order chi connectivity index (χ0) is 17.4. The number of primary amides is 1. The topological polar surface area (TPSA) is 72.6 Å². The lowest BCUT2D eigenvalue weighted by Crippen LogP contribution is -2.38. The predicted octanol–water partition coefficient (Wildman–Crippen LogP) is 2.60. The normalized spacial score (nSPS) is 15.6. The van der Waals surface area contributed by atoms with Crippen LogP contribution < -0.4 is 10.5 Å². The molecule has 0 bridgehead atoms. The molecule has 1 aliphatic rings. The van der Waals surface area contributed by atoms with Crippen LogP contribution >= 0.6 is 0 Å². The highest BCUT2D eigenvalue weighted by atomic mass is 16.5. The van der Waals surface area contributed by atoms with Crippen LogP contribution in [0.25, 0.3) is 6.08 Å². The van der Waals surface area contributed by atoms with Gasteiger partial charge in [-0.3, -0.25) is 9.59 Å². The molecule has 5 nitrogen and oxygen atoms in total. The van der Waals surface area contributed by atoms with Gasteiger partial charge >= 0.3 is 0 Å². The van der Waals surface area contributed by atoms with E-state index >= 15 is 0 Å². The number of nitrogens with two attached hydrogens (primary N) is 1. The summed E-state index contributed by atoms with van der Waals surface area (Å²) in [4.78, 5) is 25.0. The number of benzene rings is 1. The molecule has 1 aromatic rings. The summed E-state index contributed by atoms with van der Waals surface area (Å²) >= 11 is 0. The fraction of sp³-hybridized carbons (Fsp3) is 0.474. The van der Waals surface area contributed by atoms with E-state index in [-0.39, 0.29) is 11.8 Å². The Morgan fingerprint density at radius 3 is 2.50 bits per heavy atom. The van der Waals surface area contributed by atoms with Crippen molar-refractivity contribution in [2.24, 2.45) is 11.7 Å². The number of carbonyl (C=O) groups excluding carboxylic acids is 2. The van der Waals surface area contributed by atoms with Crippen molar-refractivity contribution in [3.05, 3.63) is 35.9 Å². The molecule has 2 rings (SSSR count).